The van der Waals surface area contributed by atoms with E-state index < -0.39 is 5.97 Å². The molecule has 0 spiro atoms. The molecule has 1 rings (SSSR count). The molecule has 1 aromatic heterocycles. The average molecular weight is 176 g/mol. The summed E-state index contributed by atoms with van der Waals surface area (Å²) in [5.74, 6) is -1.01. The third-order valence-electron chi connectivity index (χ3n) is 1.66. The third-order valence-corrected chi connectivity index (χ3v) is 1.66. The number of aromatic nitrogens is 1. The van der Waals surface area contributed by atoms with Crippen LogP contribution in [0.4, 0.5) is 0 Å². The van der Waals surface area contributed by atoms with Crippen molar-refractivity contribution in [3.8, 4) is 6.07 Å². The average Bonchev–Trinajstić information content (AvgIpc) is 2.08. The molecule has 4 heteroatoms. The SMILES string of the molecule is Cc1ncc(CC#N)cc1C(=O)O. The van der Waals surface area contributed by atoms with Gasteiger partial charge in [-0.1, -0.05) is 0 Å². The molecule has 0 aliphatic heterocycles. The van der Waals surface area contributed by atoms with Crippen molar-refractivity contribution >= 4 is 5.97 Å². The lowest BCUT2D eigenvalue weighted by molar-refractivity contribution is 0.0695. The molecule has 0 radical (unpaired) electrons. The maximum Gasteiger partial charge on any atom is 0.337 e. The maximum absolute atomic E-state index is 10.7. The van der Waals surface area contributed by atoms with Gasteiger partial charge in [0.15, 0.2) is 0 Å². The highest BCUT2D eigenvalue weighted by Crippen LogP contribution is 2.08. The Bertz CT molecular complexity index is 380. The van der Waals surface area contributed by atoms with Crippen LogP contribution in [-0.2, 0) is 6.42 Å². The van der Waals surface area contributed by atoms with Crippen molar-refractivity contribution in [2.45, 2.75) is 13.3 Å². The summed E-state index contributed by atoms with van der Waals surface area (Å²) in [6, 6.07) is 3.42. The Kier molecular flexibility index (Phi) is 2.60. The van der Waals surface area contributed by atoms with Crippen LogP contribution >= 0.6 is 0 Å². The molecule has 4 nitrogen and oxygen atoms in total. The second-order valence-electron chi connectivity index (χ2n) is 2.62. The monoisotopic (exact) mass is 176 g/mol. The predicted octanol–water partition coefficient (Wildman–Crippen LogP) is 1.15. The van der Waals surface area contributed by atoms with Gasteiger partial charge in [-0.15, -0.1) is 0 Å². The molecule has 0 saturated carbocycles. The minimum atomic E-state index is -1.01. The number of carbonyl (C=O) groups is 1. The molecule has 0 amide bonds. The van der Waals surface area contributed by atoms with Crippen molar-refractivity contribution in [2.24, 2.45) is 0 Å². The smallest absolute Gasteiger partial charge is 0.337 e. The number of nitriles is 1. The van der Waals surface area contributed by atoms with Gasteiger partial charge in [-0.3, -0.25) is 4.98 Å². The number of pyridine rings is 1. The Hall–Kier alpha value is -1.89. The van der Waals surface area contributed by atoms with Gasteiger partial charge in [0.2, 0.25) is 0 Å². The fourth-order valence-electron chi connectivity index (χ4n) is 0.981. The lowest BCUT2D eigenvalue weighted by Crippen LogP contribution is -2.02. The summed E-state index contributed by atoms with van der Waals surface area (Å²) in [7, 11) is 0. The standard InChI is InChI=1S/C9H8N2O2/c1-6-8(9(12)13)4-7(2-3-10)5-11-6/h4-5H,2H2,1H3,(H,12,13). The van der Waals surface area contributed by atoms with Crippen molar-refractivity contribution in [1.82, 2.24) is 4.98 Å². The normalized spacial score (nSPS) is 9.23. The highest BCUT2D eigenvalue weighted by molar-refractivity contribution is 5.88. The summed E-state index contributed by atoms with van der Waals surface area (Å²) < 4.78 is 0. The van der Waals surface area contributed by atoms with E-state index in [2.05, 4.69) is 4.98 Å². The maximum atomic E-state index is 10.7. The largest absolute Gasteiger partial charge is 0.478 e. The first-order valence-corrected chi connectivity index (χ1v) is 3.71. The number of hydrogen-bond acceptors (Lipinski definition) is 3. The zero-order chi connectivity index (χ0) is 9.84. The third kappa shape index (κ3) is 2.03. The van der Waals surface area contributed by atoms with Crippen LogP contribution in [0.1, 0.15) is 21.6 Å². The van der Waals surface area contributed by atoms with E-state index in [1.165, 1.54) is 12.3 Å². The van der Waals surface area contributed by atoms with Crippen molar-refractivity contribution in [1.29, 1.82) is 5.26 Å². The molecule has 0 aromatic carbocycles. The molecule has 0 unspecified atom stereocenters. The fraction of sp³-hybridized carbons (Fsp3) is 0.222. The lowest BCUT2D eigenvalue weighted by Gasteiger charge is -2.00. The first-order chi connectivity index (χ1) is 6.15. The van der Waals surface area contributed by atoms with Gasteiger partial charge in [-0.2, -0.15) is 5.26 Å². The Morgan fingerprint density at radius 3 is 3.00 bits per heavy atom. The van der Waals surface area contributed by atoms with E-state index in [0.29, 0.717) is 11.3 Å². The summed E-state index contributed by atoms with van der Waals surface area (Å²) in [4.78, 5) is 14.5. The summed E-state index contributed by atoms with van der Waals surface area (Å²) >= 11 is 0. The van der Waals surface area contributed by atoms with Gasteiger partial charge in [0.05, 0.1) is 23.7 Å². The van der Waals surface area contributed by atoms with E-state index in [1.807, 2.05) is 6.07 Å². The Morgan fingerprint density at radius 1 is 1.77 bits per heavy atom. The molecule has 0 aliphatic carbocycles. The van der Waals surface area contributed by atoms with E-state index in [0.717, 1.165) is 0 Å². The van der Waals surface area contributed by atoms with Crippen LogP contribution in [0.25, 0.3) is 0 Å². The minimum absolute atomic E-state index is 0.160. The Morgan fingerprint density at radius 2 is 2.46 bits per heavy atom. The number of carboxylic acid groups (broad SMARTS) is 1. The van der Waals surface area contributed by atoms with Crippen molar-refractivity contribution in [3.05, 3.63) is 29.1 Å². The zero-order valence-corrected chi connectivity index (χ0v) is 7.11. The van der Waals surface area contributed by atoms with E-state index in [1.54, 1.807) is 6.92 Å². The van der Waals surface area contributed by atoms with Gasteiger partial charge in [0.25, 0.3) is 0 Å². The topological polar surface area (TPSA) is 74.0 Å². The van der Waals surface area contributed by atoms with Crippen LogP contribution in [0.3, 0.4) is 0 Å². The van der Waals surface area contributed by atoms with Crippen molar-refractivity contribution < 1.29 is 9.90 Å². The molecule has 0 fully saturated rings. The molecule has 66 valence electrons. The first kappa shape index (κ1) is 9.20. The summed E-state index contributed by atoms with van der Waals surface area (Å²) in [6.45, 7) is 1.62. The molecule has 1 heterocycles. The molecule has 0 atom stereocenters. The fourth-order valence-corrected chi connectivity index (χ4v) is 0.981. The quantitative estimate of drug-likeness (QED) is 0.733. The molecule has 0 saturated heterocycles. The number of nitrogens with zero attached hydrogens (tertiary/aromatic N) is 2. The second-order valence-corrected chi connectivity index (χ2v) is 2.62. The molecule has 13 heavy (non-hydrogen) atoms. The van der Waals surface area contributed by atoms with Crippen LogP contribution in [0, 0.1) is 18.3 Å². The van der Waals surface area contributed by atoms with Gasteiger partial charge >= 0.3 is 5.97 Å². The molecular weight excluding hydrogens is 168 g/mol. The van der Waals surface area contributed by atoms with Crippen LogP contribution in [-0.4, -0.2) is 16.1 Å². The summed E-state index contributed by atoms with van der Waals surface area (Å²) in [5.41, 5.74) is 1.26. The number of carboxylic acids is 1. The van der Waals surface area contributed by atoms with Gasteiger partial charge in [-0.05, 0) is 18.6 Å². The summed E-state index contributed by atoms with van der Waals surface area (Å²) in [5, 5.41) is 17.1. The molecule has 0 bridgehead atoms. The minimum Gasteiger partial charge on any atom is -0.478 e. The van der Waals surface area contributed by atoms with E-state index in [9.17, 15) is 4.79 Å². The Labute approximate surface area is 75.5 Å². The van der Waals surface area contributed by atoms with Gasteiger partial charge < -0.3 is 5.11 Å². The van der Waals surface area contributed by atoms with Crippen LogP contribution in [0.2, 0.25) is 0 Å². The highest BCUT2D eigenvalue weighted by atomic mass is 16.4. The number of rotatable bonds is 2. The van der Waals surface area contributed by atoms with Crippen LogP contribution in [0.5, 0.6) is 0 Å². The lowest BCUT2D eigenvalue weighted by atomic mass is 10.1. The van der Waals surface area contributed by atoms with Gasteiger partial charge in [-0.25, -0.2) is 4.79 Å². The highest BCUT2D eigenvalue weighted by Gasteiger charge is 2.08. The number of aromatic carboxylic acids is 1. The summed E-state index contributed by atoms with van der Waals surface area (Å²) in [6.07, 6.45) is 1.71. The second kappa shape index (κ2) is 3.68. The van der Waals surface area contributed by atoms with E-state index in [-0.39, 0.29) is 12.0 Å². The number of aryl methyl sites for hydroxylation is 1. The number of hydrogen-bond donors (Lipinski definition) is 1. The van der Waals surface area contributed by atoms with E-state index in [4.69, 9.17) is 10.4 Å². The molecular formula is C9H8N2O2. The zero-order valence-electron chi connectivity index (χ0n) is 7.11. The first-order valence-electron chi connectivity index (χ1n) is 3.71. The predicted molar refractivity (Wildman–Crippen MR) is 45.3 cm³/mol. The van der Waals surface area contributed by atoms with Gasteiger partial charge in [0, 0.05) is 6.20 Å². The van der Waals surface area contributed by atoms with Gasteiger partial charge in [0.1, 0.15) is 0 Å². The van der Waals surface area contributed by atoms with Crippen molar-refractivity contribution in [3.63, 3.8) is 0 Å². The molecule has 0 aliphatic rings. The molecule has 1 aromatic rings. The van der Waals surface area contributed by atoms with Crippen LogP contribution < -0.4 is 0 Å². The van der Waals surface area contributed by atoms with Crippen molar-refractivity contribution in [2.75, 3.05) is 0 Å². The Balaban J connectivity index is 3.13. The van der Waals surface area contributed by atoms with E-state index >= 15 is 0 Å². The van der Waals surface area contributed by atoms with Crippen LogP contribution in [0.15, 0.2) is 12.3 Å². The molecule has 1 N–H and O–H groups in total.